The van der Waals surface area contributed by atoms with E-state index in [1.165, 1.54) is 0 Å². The first kappa shape index (κ1) is 12.5. The molecule has 1 aliphatic heterocycles. The number of pyridine rings is 1. The zero-order valence-corrected chi connectivity index (χ0v) is 11.7. The summed E-state index contributed by atoms with van der Waals surface area (Å²) in [7, 11) is 2.07. The van der Waals surface area contributed by atoms with E-state index < -0.39 is 0 Å². The average Bonchev–Trinajstić information content (AvgIpc) is 2.33. The highest BCUT2D eigenvalue weighted by Crippen LogP contribution is 2.15. The third-order valence-corrected chi connectivity index (χ3v) is 3.87. The number of carbonyl (C=O) groups excluding carboxylic acids is 1. The third kappa shape index (κ3) is 2.84. The maximum absolute atomic E-state index is 12.2. The fraction of sp³-hybridized carbons (Fsp3) is 0.500. The number of aromatic nitrogens is 1. The van der Waals surface area contributed by atoms with Crippen LogP contribution in [0.15, 0.2) is 16.6 Å². The molecule has 4 nitrogen and oxygen atoms in total. The zero-order chi connectivity index (χ0) is 12.4. The lowest BCUT2D eigenvalue weighted by Gasteiger charge is -2.32. The lowest BCUT2D eigenvalue weighted by atomic mass is 10.2. The topological polar surface area (TPSA) is 36.4 Å². The van der Waals surface area contributed by atoms with Crippen molar-refractivity contribution in [2.24, 2.45) is 0 Å². The molecule has 2 rings (SSSR count). The molecule has 1 saturated heterocycles. The fourth-order valence-electron chi connectivity index (χ4n) is 1.83. The van der Waals surface area contributed by atoms with Gasteiger partial charge in [0.15, 0.2) is 0 Å². The highest BCUT2D eigenvalue weighted by molar-refractivity contribution is 9.10. The molecule has 0 radical (unpaired) electrons. The Morgan fingerprint density at radius 1 is 1.29 bits per heavy atom. The zero-order valence-electron chi connectivity index (χ0n) is 10.1. The number of hydrogen-bond acceptors (Lipinski definition) is 3. The van der Waals surface area contributed by atoms with Crippen LogP contribution in [-0.4, -0.2) is 53.9 Å². The Morgan fingerprint density at radius 3 is 2.53 bits per heavy atom. The lowest BCUT2D eigenvalue weighted by Crippen LogP contribution is -2.47. The number of amides is 1. The van der Waals surface area contributed by atoms with E-state index in [9.17, 15) is 4.79 Å². The quantitative estimate of drug-likeness (QED) is 0.789. The second kappa shape index (κ2) is 5.14. The van der Waals surface area contributed by atoms with Crippen LogP contribution in [0.2, 0.25) is 0 Å². The fourth-order valence-corrected chi connectivity index (χ4v) is 2.06. The predicted octanol–water partition coefficient (Wildman–Crippen LogP) is 1.54. The van der Waals surface area contributed by atoms with Gasteiger partial charge in [-0.1, -0.05) is 0 Å². The van der Waals surface area contributed by atoms with Crippen LogP contribution in [-0.2, 0) is 0 Å². The number of aryl methyl sites for hydroxylation is 1. The van der Waals surface area contributed by atoms with Crippen molar-refractivity contribution in [2.75, 3.05) is 33.2 Å². The standard InChI is InChI=1S/C12H16BrN3O/c1-9-10(13)3-4-11(14-9)12(17)16-7-5-15(2)6-8-16/h3-4H,5-8H2,1-2H3. The number of nitrogens with zero attached hydrogens (tertiary/aromatic N) is 3. The third-order valence-electron chi connectivity index (χ3n) is 3.03. The van der Waals surface area contributed by atoms with Gasteiger partial charge in [-0.15, -0.1) is 0 Å². The van der Waals surface area contributed by atoms with E-state index in [4.69, 9.17) is 0 Å². The number of likely N-dealkylation sites (N-methyl/N-ethyl adjacent to an activating group) is 1. The molecule has 1 aromatic heterocycles. The highest BCUT2D eigenvalue weighted by atomic mass is 79.9. The molecule has 0 bridgehead atoms. The van der Waals surface area contributed by atoms with Gasteiger partial charge in [0.25, 0.3) is 5.91 Å². The van der Waals surface area contributed by atoms with Crippen LogP contribution in [0.4, 0.5) is 0 Å². The molecule has 0 unspecified atom stereocenters. The number of carbonyl (C=O) groups is 1. The molecule has 2 heterocycles. The Hall–Kier alpha value is -0.940. The summed E-state index contributed by atoms with van der Waals surface area (Å²) < 4.78 is 0.937. The summed E-state index contributed by atoms with van der Waals surface area (Å²) in [5.74, 6) is 0.0358. The molecule has 0 spiro atoms. The molecule has 1 aliphatic rings. The molecular weight excluding hydrogens is 282 g/mol. The first-order valence-corrected chi connectivity index (χ1v) is 6.48. The Kier molecular flexibility index (Phi) is 3.79. The van der Waals surface area contributed by atoms with Crippen molar-refractivity contribution in [3.05, 3.63) is 28.0 Å². The minimum absolute atomic E-state index is 0.0358. The van der Waals surface area contributed by atoms with Gasteiger partial charge < -0.3 is 9.80 Å². The van der Waals surface area contributed by atoms with Crippen molar-refractivity contribution in [1.82, 2.24) is 14.8 Å². The first-order chi connectivity index (χ1) is 8.08. The van der Waals surface area contributed by atoms with Crippen LogP contribution < -0.4 is 0 Å². The Balaban J connectivity index is 2.11. The molecule has 1 amide bonds. The van der Waals surface area contributed by atoms with Crippen LogP contribution in [0.1, 0.15) is 16.2 Å². The molecule has 1 fully saturated rings. The smallest absolute Gasteiger partial charge is 0.272 e. The summed E-state index contributed by atoms with van der Waals surface area (Å²) in [5, 5.41) is 0. The van der Waals surface area contributed by atoms with E-state index >= 15 is 0 Å². The summed E-state index contributed by atoms with van der Waals surface area (Å²) >= 11 is 3.39. The molecule has 5 heteroatoms. The first-order valence-electron chi connectivity index (χ1n) is 5.69. The maximum Gasteiger partial charge on any atom is 0.272 e. The lowest BCUT2D eigenvalue weighted by molar-refractivity contribution is 0.0658. The van der Waals surface area contributed by atoms with Crippen molar-refractivity contribution in [3.63, 3.8) is 0 Å². The van der Waals surface area contributed by atoms with E-state index in [0.717, 1.165) is 36.3 Å². The van der Waals surface area contributed by atoms with Gasteiger partial charge in [0, 0.05) is 30.7 Å². The van der Waals surface area contributed by atoms with Crippen molar-refractivity contribution < 1.29 is 4.79 Å². The van der Waals surface area contributed by atoms with Crippen LogP contribution in [0.25, 0.3) is 0 Å². The summed E-state index contributed by atoms with van der Waals surface area (Å²) in [4.78, 5) is 20.6. The van der Waals surface area contributed by atoms with Gasteiger partial charge in [0.05, 0.1) is 5.69 Å². The van der Waals surface area contributed by atoms with Gasteiger partial charge in [0.1, 0.15) is 5.69 Å². The second-order valence-corrected chi connectivity index (χ2v) is 5.21. The molecule has 92 valence electrons. The Bertz CT molecular complexity index is 428. The van der Waals surface area contributed by atoms with E-state index in [1.54, 1.807) is 6.07 Å². The minimum Gasteiger partial charge on any atom is -0.335 e. The van der Waals surface area contributed by atoms with Crippen molar-refractivity contribution in [3.8, 4) is 0 Å². The van der Waals surface area contributed by atoms with Crippen LogP contribution in [0.5, 0.6) is 0 Å². The number of piperazine rings is 1. The Labute approximate surface area is 110 Å². The van der Waals surface area contributed by atoms with Gasteiger partial charge in [0.2, 0.25) is 0 Å². The van der Waals surface area contributed by atoms with Gasteiger partial charge in [-0.25, -0.2) is 4.98 Å². The van der Waals surface area contributed by atoms with Gasteiger partial charge in [-0.3, -0.25) is 4.79 Å². The molecule has 0 N–H and O–H groups in total. The minimum atomic E-state index is 0.0358. The molecule has 0 aromatic carbocycles. The molecular formula is C12H16BrN3O. The summed E-state index contributed by atoms with van der Waals surface area (Å²) in [6.45, 7) is 5.32. The number of halogens is 1. The highest BCUT2D eigenvalue weighted by Gasteiger charge is 2.21. The van der Waals surface area contributed by atoms with Crippen LogP contribution in [0, 0.1) is 6.92 Å². The van der Waals surface area contributed by atoms with Gasteiger partial charge in [-0.05, 0) is 42.0 Å². The van der Waals surface area contributed by atoms with E-state index in [2.05, 4.69) is 32.9 Å². The van der Waals surface area contributed by atoms with Crippen molar-refractivity contribution in [2.45, 2.75) is 6.92 Å². The van der Waals surface area contributed by atoms with E-state index in [1.807, 2.05) is 17.9 Å². The van der Waals surface area contributed by atoms with Crippen molar-refractivity contribution >= 4 is 21.8 Å². The monoisotopic (exact) mass is 297 g/mol. The largest absolute Gasteiger partial charge is 0.335 e. The number of hydrogen-bond donors (Lipinski definition) is 0. The summed E-state index contributed by atoms with van der Waals surface area (Å²) in [6, 6.07) is 3.66. The summed E-state index contributed by atoms with van der Waals surface area (Å²) in [6.07, 6.45) is 0. The molecule has 0 atom stereocenters. The molecule has 0 aliphatic carbocycles. The molecule has 0 saturated carbocycles. The normalized spacial score (nSPS) is 17.2. The van der Waals surface area contributed by atoms with E-state index in [0.29, 0.717) is 5.69 Å². The SMILES string of the molecule is Cc1nc(C(=O)N2CCN(C)CC2)ccc1Br. The average molecular weight is 298 g/mol. The maximum atomic E-state index is 12.2. The van der Waals surface area contributed by atoms with Crippen LogP contribution >= 0.6 is 15.9 Å². The molecule has 17 heavy (non-hydrogen) atoms. The van der Waals surface area contributed by atoms with Crippen molar-refractivity contribution in [1.29, 1.82) is 0 Å². The van der Waals surface area contributed by atoms with E-state index in [-0.39, 0.29) is 5.91 Å². The summed E-state index contributed by atoms with van der Waals surface area (Å²) in [5.41, 5.74) is 1.39. The molecule has 1 aromatic rings. The second-order valence-electron chi connectivity index (χ2n) is 4.36. The number of rotatable bonds is 1. The van der Waals surface area contributed by atoms with Gasteiger partial charge >= 0.3 is 0 Å². The van der Waals surface area contributed by atoms with Crippen LogP contribution in [0.3, 0.4) is 0 Å². The Morgan fingerprint density at radius 2 is 1.94 bits per heavy atom. The predicted molar refractivity (Wildman–Crippen MR) is 70.1 cm³/mol. The van der Waals surface area contributed by atoms with Gasteiger partial charge in [-0.2, -0.15) is 0 Å².